The molecule has 1 heterocycles. The van der Waals surface area contributed by atoms with E-state index in [0.29, 0.717) is 19.4 Å². The third-order valence-corrected chi connectivity index (χ3v) is 5.58. The molecule has 11 heteroatoms. The van der Waals surface area contributed by atoms with Crippen molar-refractivity contribution in [3.63, 3.8) is 0 Å². The van der Waals surface area contributed by atoms with Gasteiger partial charge in [-0.1, -0.05) is 13.8 Å². The summed E-state index contributed by atoms with van der Waals surface area (Å²) in [6.45, 7) is 5.33. The standard InChI is InChI=1S/C23H38N4O7/c1-13(2)8-15(23(34)26-11-14(3)28)9-20(31)17(4-6-21(24)32)27-22(33)7-5-19(30)18-10-16(29)12-25-18/h13,15-18,25,29H,4-12H2,1-3H3,(H2,24,32)(H,26,34)(H,27,33)/t15-,16+,17-,18-/m1/s1. The maximum absolute atomic E-state index is 13.0. The summed E-state index contributed by atoms with van der Waals surface area (Å²) in [5.74, 6) is -3.02. The maximum Gasteiger partial charge on any atom is 0.223 e. The quantitative estimate of drug-likeness (QED) is 0.188. The zero-order valence-corrected chi connectivity index (χ0v) is 20.2. The summed E-state index contributed by atoms with van der Waals surface area (Å²) in [4.78, 5) is 72.6. The Kier molecular flexibility index (Phi) is 12.6. The zero-order valence-electron chi connectivity index (χ0n) is 20.2. The number of hydrogen-bond acceptors (Lipinski definition) is 8. The molecule has 4 atom stereocenters. The third-order valence-electron chi connectivity index (χ3n) is 5.58. The number of aliphatic hydroxyl groups excluding tert-OH is 1. The molecule has 1 rings (SSSR count). The van der Waals surface area contributed by atoms with Crippen LogP contribution in [0, 0.1) is 11.8 Å². The van der Waals surface area contributed by atoms with E-state index in [4.69, 9.17) is 5.73 Å². The highest BCUT2D eigenvalue weighted by atomic mass is 16.3. The van der Waals surface area contributed by atoms with Gasteiger partial charge in [-0.3, -0.25) is 28.8 Å². The summed E-state index contributed by atoms with van der Waals surface area (Å²) in [6, 6.07) is -1.53. The van der Waals surface area contributed by atoms with Crippen LogP contribution < -0.4 is 21.7 Å². The smallest absolute Gasteiger partial charge is 0.223 e. The molecule has 0 aromatic carbocycles. The number of ketones is 3. The molecular weight excluding hydrogens is 444 g/mol. The Hall–Kier alpha value is -2.66. The second kappa shape index (κ2) is 14.6. The summed E-state index contributed by atoms with van der Waals surface area (Å²) in [7, 11) is 0. The molecule has 3 amide bonds. The van der Waals surface area contributed by atoms with Crippen molar-refractivity contribution in [3.05, 3.63) is 0 Å². The molecule has 0 saturated carbocycles. The van der Waals surface area contributed by atoms with Crippen LogP contribution in [0.3, 0.4) is 0 Å². The molecule has 6 N–H and O–H groups in total. The number of carbonyl (C=O) groups is 6. The van der Waals surface area contributed by atoms with Crippen LogP contribution in [0.5, 0.6) is 0 Å². The molecule has 0 bridgehead atoms. The first-order valence-electron chi connectivity index (χ1n) is 11.7. The molecule has 192 valence electrons. The van der Waals surface area contributed by atoms with Crippen LogP contribution in [0.1, 0.15) is 65.7 Å². The minimum atomic E-state index is -1.03. The number of β-amino-alcohol motifs (C(OH)–C–C–N with tert-alkyl or cyclic N) is 1. The number of aliphatic hydroxyl groups is 1. The van der Waals surface area contributed by atoms with E-state index in [1.54, 1.807) is 0 Å². The van der Waals surface area contributed by atoms with Gasteiger partial charge in [0.05, 0.1) is 24.7 Å². The molecule has 1 aliphatic heterocycles. The summed E-state index contributed by atoms with van der Waals surface area (Å²) >= 11 is 0. The van der Waals surface area contributed by atoms with E-state index in [2.05, 4.69) is 16.0 Å². The van der Waals surface area contributed by atoms with Gasteiger partial charge in [-0.05, 0) is 32.1 Å². The van der Waals surface area contributed by atoms with E-state index >= 15 is 0 Å². The predicted molar refractivity (Wildman–Crippen MR) is 123 cm³/mol. The normalized spacial score (nSPS) is 19.3. The van der Waals surface area contributed by atoms with Gasteiger partial charge >= 0.3 is 0 Å². The molecule has 0 spiro atoms. The van der Waals surface area contributed by atoms with Gasteiger partial charge in [-0.2, -0.15) is 0 Å². The molecule has 11 nitrogen and oxygen atoms in total. The third kappa shape index (κ3) is 11.5. The van der Waals surface area contributed by atoms with Crippen LogP contribution >= 0.6 is 0 Å². The minimum absolute atomic E-state index is 0.0201. The lowest BCUT2D eigenvalue weighted by Gasteiger charge is -2.22. The lowest BCUT2D eigenvalue weighted by molar-refractivity contribution is -0.133. The van der Waals surface area contributed by atoms with Crippen molar-refractivity contribution >= 4 is 35.1 Å². The Labute approximate surface area is 200 Å². The average molecular weight is 483 g/mol. The summed E-state index contributed by atoms with van der Waals surface area (Å²) < 4.78 is 0. The Bertz CT molecular complexity index is 768. The van der Waals surface area contributed by atoms with E-state index in [9.17, 15) is 33.9 Å². The molecule has 34 heavy (non-hydrogen) atoms. The van der Waals surface area contributed by atoms with Crippen LogP contribution in [0.4, 0.5) is 0 Å². The Morgan fingerprint density at radius 2 is 1.76 bits per heavy atom. The number of primary amides is 1. The number of nitrogens with two attached hydrogens (primary N) is 1. The van der Waals surface area contributed by atoms with E-state index < -0.39 is 47.6 Å². The van der Waals surface area contributed by atoms with Crippen molar-refractivity contribution in [2.45, 2.75) is 83.9 Å². The first-order valence-corrected chi connectivity index (χ1v) is 11.7. The molecule has 0 aliphatic carbocycles. The number of amides is 3. The van der Waals surface area contributed by atoms with Crippen molar-refractivity contribution in [1.29, 1.82) is 0 Å². The van der Waals surface area contributed by atoms with E-state index in [-0.39, 0.29) is 56.1 Å². The fourth-order valence-electron chi connectivity index (χ4n) is 3.83. The monoisotopic (exact) mass is 482 g/mol. The Morgan fingerprint density at radius 1 is 1.09 bits per heavy atom. The zero-order chi connectivity index (χ0) is 25.8. The second-order valence-electron chi connectivity index (χ2n) is 9.36. The van der Waals surface area contributed by atoms with E-state index in [1.807, 2.05) is 13.8 Å². The summed E-state index contributed by atoms with van der Waals surface area (Å²) in [6.07, 6.45) is -0.431. The SMILES string of the molecule is CC(=O)CNC(=O)[C@@H](CC(=O)[C@@H](CCC(N)=O)NC(=O)CCC(=O)[C@H]1C[C@H](O)CN1)CC(C)C. The van der Waals surface area contributed by atoms with Crippen molar-refractivity contribution in [2.75, 3.05) is 13.1 Å². The number of hydrogen-bond donors (Lipinski definition) is 5. The van der Waals surface area contributed by atoms with Gasteiger partial charge in [-0.15, -0.1) is 0 Å². The number of rotatable bonds is 16. The average Bonchev–Trinajstić information content (AvgIpc) is 3.18. The van der Waals surface area contributed by atoms with Gasteiger partial charge in [0.25, 0.3) is 0 Å². The van der Waals surface area contributed by atoms with Crippen LogP contribution in [-0.2, 0) is 28.8 Å². The number of nitrogens with one attached hydrogen (secondary N) is 3. The van der Waals surface area contributed by atoms with Crippen molar-refractivity contribution in [1.82, 2.24) is 16.0 Å². The highest BCUT2D eigenvalue weighted by molar-refractivity contribution is 5.94. The van der Waals surface area contributed by atoms with Gasteiger partial charge in [0, 0.05) is 38.1 Å². The first-order chi connectivity index (χ1) is 15.9. The van der Waals surface area contributed by atoms with E-state index in [1.165, 1.54) is 6.92 Å². The molecular formula is C23H38N4O7. The molecule has 1 fully saturated rings. The van der Waals surface area contributed by atoms with Crippen LogP contribution in [0.15, 0.2) is 0 Å². The molecule has 1 saturated heterocycles. The Balaban J connectivity index is 2.76. The predicted octanol–water partition coefficient (Wildman–Crippen LogP) is -0.864. The van der Waals surface area contributed by atoms with Crippen LogP contribution in [0.25, 0.3) is 0 Å². The lowest BCUT2D eigenvalue weighted by Crippen LogP contribution is -2.44. The first kappa shape index (κ1) is 29.4. The van der Waals surface area contributed by atoms with Crippen molar-refractivity contribution in [2.24, 2.45) is 17.6 Å². The van der Waals surface area contributed by atoms with Crippen molar-refractivity contribution in [3.8, 4) is 0 Å². The summed E-state index contributed by atoms with van der Waals surface area (Å²) in [5.41, 5.74) is 5.20. The molecule has 0 aromatic rings. The number of carbonyl (C=O) groups excluding carboxylic acids is 6. The Morgan fingerprint density at radius 3 is 2.29 bits per heavy atom. The van der Waals surface area contributed by atoms with Gasteiger partial charge in [0.2, 0.25) is 17.7 Å². The molecule has 0 aromatic heterocycles. The van der Waals surface area contributed by atoms with Crippen LogP contribution in [-0.4, -0.2) is 71.5 Å². The van der Waals surface area contributed by atoms with Gasteiger partial charge in [0.1, 0.15) is 11.6 Å². The minimum Gasteiger partial charge on any atom is -0.392 e. The molecule has 1 aliphatic rings. The van der Waals surface area contributed by atoms with Crippen molar-refractivity contribution < 1.29 is 33.9 Å². The second-order valence-corrected chi connectivity index (χ2v) is 9.36. The number of Topliss-reactive ketones (excluding diaryl/α,β-unsaturated/α-hetero) is 3. The van der Waals surface area contributed by atoms with Gasteiger partial charge in [0.15, 0.2) is 5.78 Å². The van der Waals surface area contributed by atoms with Crippen LogP contribution in [0.2, 0.25) is 0 Å². The lowest BCUT2D eigenvalue weighted by atomic mass is 9.88. The molecule has 0 radical (unpaired) electrons. The largest absolute Gasteiger partial charge is 0.392 e. The highest BCUT2D eigenvalue weighted by Crippen LogP contribution is 2.18. The fraction of sp³-hybridized carbons (Fsp3) is 0.739. The topological polar surface area (TPSA) is 185 Å². The van der Waals surface area contributed by atoms with E-state index in [0.717, 1.165) is 0 Å². The van der Waals surface area contributed by atoms with Gasteiger partial charge in [-0.25, -0.2) is 0 Å². The maximum atomic E-state index is 13.0. The fourth-order valence-corrected chi connectivity index (χ4v) is 3.83. The summed E-state index contributed by atoms with van der Waals surface area (Å²) in [5, 5.41) is 17.5. The van der Waals surface area contributed by atoms with Gasteiger partial charge < -0.3 is 26.8 Å². The molecule has 0 unspecified atom stereocenters. The highest BCUT2D eigenvalue weighted by Gasteiger charge is 2.30.